The molecule has 1 fully saturated rings. The smallest absolute Gasteiger partial charge is 0.224 e. The van der Waals surface area contributed by atoms with Crippen LogP contribution in [-0.2, 0) is 11.2 Å². The van der Waals surface area contributed by atoms with Crippen LogP contribution in [0.4, 0.5) is 5.69 Å². The molecule has 0 saturated heterocycles. The lowest BCUT2D eigenvalue weighted by Gasteiger charge is -2.29. The van der Waals surface area contributed by atoms with E-state index >= 15 is 0 Å². The number of amides is 1. The van der Waals surface area contributed by atoms with Gasteiger partial charge in [0.1, 0.15) is 5.82 Å². The zero-order valence-electron chi connectivity index (χ0n) is 19.8. The topological polar surface area (TPSA) is 71.0 Å². The lowest BCUT2D eigenvalue weighted by atomic mass is 9.79. The van der Waals surface area contributed by atoms with E-state index in [1.165, 1.54) is 0 Å². The molecule has 1 saturated carbocycles. The maximum absolute atomic E-state index is 12.5. The Morgan fingerprint density at radius 2 is 1.73 bits per heavy atom. The van der Waals surface area contributed by atoms with Crippen LogP contribution in [0.2, 0.25) is 0 Å². The summed E-state index contributed by atoms with van der Waals surface area (Å²) in [6, 6.07) is 12.2. The molecule has 0 bridgehead atoms. The normalized spacial score (nSPS) is 18.0. The van der Waals surface area contributed by atoms with Gasteiger partial charge in [-0.1, -0.05) is 12.1 Å². The molecule has 0 unspecified atom stereocenters. The second-order valence-electron chi connectivity index (χ2n) is 9.21. The van der Waals surface area contributed by atoms with Crippen molar-refractivity contribution in [1.29, 1.82) is 0 Å². The highest BCUT2D eigenvalue weighted by atomic mass is 16.1. The van der Waals surface area contributed by atoms with E-state index in [-0.39, 0.29) is 5.91 Å². The average Bonchev–Trinajstić information content (AvgIpc) is 2.84. The van der Waals surface area contributed by atoms with Crippen LogP contribution >= 0.6 is 0 Å². The predicted octanol–water partition coefficient (Wildman–Crippen LogP) is 4.55. The summed E-state index contributed by atoms with van der Waals surface area (Å²) in [6.45, 7) is 2.70. The summed E-state index contributed by atoms with van der Waals surface area (Å²) in [4.78, 5) is 27.9. The van der Waals surface area contributed by atoms with Gasteiger partial charge in [0, 0.05) is 56.4 Å². The summed E-state index contributed by atoms with van der Waals surface area (Å²) in [5, 5.41) is 3.16. The lowest BCUT2D eigenvalue weighted by molar-refractivity contribution is -0.120. The maximum atomic E-state index is 12.5. The Labute approximate surface area is 196 Å². The summed E-state index contributed by atoms with van der Waals surface area (Å²) in [6.07, 6.45) is 10.4. The summed E-state index contributed by atoms with van der Waals surface area (Å²) >= 11 is 0. The van der Waals surface area contributed by atoms with E-state index < -0.39 is 0 Å². The Morgan fingerprint density at radius 3 is 2.39 bits per heavy atom. The highest BCUT2D eigenvalue weighted by molar-refractivity contribution is 5.78. The van der Waals surface area contributed by atoms with Crippen molar-refractivity contribution in [3.05, 3.63) is 72.1 Å². The summed E-state index contributed by atoms with van der Waals surface area (Å²) in [5.74, 6) is 1.86. The van der Waals surface area contributed by atoms with Gasteiger partial charge in [-0.05, 0) is 73.9 Å². The van der Waals surface area contributed by atoms with Crippen molar-refractivity contribution in [2.75, 3.05) is 25.5 Å². The predicted molar refractivity (Wildman–Crippen MR) is 132 cm³/mol. The maximum Gasteiger partial charge on any atom is 0.224 e. The van der Waals surface area contributed by atoms with Gasteiger partial charge in [-0.15, -0.1) is 0 Å². The first-order valence-corrected chi connectivity index (χ1v) is 11.8. The highest BCUT2D eigenvalue weighted by Crippen LogP contribution is 2.38. The molecule has 0 radical (unpaired) electrons. The molecule has 1 aliphatic carbocycles. The lowest BCUT2D eigenvalue weighted by Crippen LogP contribution is -2.32. The minimum Gasteiger partial charge on any atom is -0.378 e. The first-order valence-electron chi connectivity index (χ1n) is 11.8. The number of rotatable bonds is 7. The first-order chi connectivity index (χ1) is 16.0. The van der Waals surface area contributed by atoms with Crippen LogP contribution in [0, 0.1) is 12.8 Å². The summed E-state index contributed by atoms with van der Waals surface area (Å²) in [5.41, 5.74) is 5.57. The fourth-order valence-corrected chi connectivity index (χ4v) is 4.61. The Morgan fingerprint density at radius 1 is 1.03 bits per heavy atom. The van der Waals surface area contributed by atoms with E-state index in [9.17, 15) is 4.79 Å². The molecule has 0 spiro atoms. The molecular formula is C27H33N5O. The SMILES string of the molecule is Cc1ncc(-c2ccncc2)c(C2CCC(CNC(=O)Cc3ccc(N(C)C)cc3)CC2)n1. The van der Waals surface area contributed by atoms with E-state index in [0.717, 1.165) is 66.1 Å². The van der Waals surface area contributed by atoms with Crippen molar-refractivity contribution in [1.82, 2.24) is 20.3 Å². The molecule has 6 heteroatoms. The van der Waals surface area contributed by atoms with Crippen LogP contribution in [0.5, 0.6) is 0 Å². The molecule has 3 aromatic rings. The molecule has 4 rings (SSSR count). The fourth-order valence-electron chi connectivity index (χ4n) is 4.61. The number of hydrogen-bond donors (Lipinski definition) is 1. The van der Waals surface area contributed by atoms with Crippen LogP contribution in [0.3, 0.4) is 0 Å². The largest absolute Gasteiger partial charge is 0.378 e. The van der Waals surface area contributed by atoms with Crippen molar-refractivity contribution in [2.45, 2.75) is 44.9 Å². The van der Waals surface area contributed by atoms with Gasteiger partial charge in [0.2, 0.25) is 5.91 Å². The van der Waals surface area contributed by atoms with Gasteiger partial charge in [-0.3, -0.25) is 9.78 Å². The van der Waals surface area contributed by atoms with Gasteiger partial charge in [0.15, 0.2) is 0 Å². The number of nitrogens with one attached hydrogen (secondary N) is 1. The standard InChI is InChI=1S/C27H33N5O/c1-19-29-18-25(22-12-14-28-15-13-22)27(31-19)23-8-4-21(5-9-23)17-30-26(33)16-20-6-10-24(11-7-20)32(2)3/h6-7,10-15,18,21,23H,4-5,8-9,16-17H2,1-3H3,(H,30,33). The molecular weight excluding hydrogens is 410 g/mol. The van der Waals surface area contributed by atoms with Crippen molar-refractivity contribution in [3.63, 3.8) is 0 Å². The zero-order chi connectivity index (χ0) is 23.2. The van der Waals surface area contributed by atoms with E-state index in [1.54, 1.807) is 0 Å². The number of anilines is 1. The summed E-state index contributed by atoms with van der Waals surface area (Å²) < 4.78 is 0. The number of aromatic nitrogens is 3. The third-order valence-electron chi connectivity index (χ3n) is 6.57. The van der Waals surface area contributed by atoms with E-state index in [4.69, 9.17) is 4.98 Å². The Kier molecular flexibility index (Phi) is 7.33. The molecule has 1 aliphatic rings. The van der Waals surface area contributed by atoms with E-state index in [2.05, 4.69) is 32.3 Å². The van der Waals surface area contributed by atoms with Crippen LogP contribution < -0.4 is 10.2 Å². The number of pyridine rings is 1. The molecule has 6 nitrogen and oxygen atoms in total. The minimum atomic E-state index is 0.0983. The molecule has 172 valence electrons. The number of carbonyl (C=O) groups is 1. The molecule has 1 amide bonds. The van der Waals surface area contributed by atoms with Crippen LogP contribution in [-0.4, -0.2) is 41.5 Å². The Balaban J connectivity index is 1.30. The summed E-state index contributed by atoms with van der Waals surface area (Å²) in [7, 11) is 4.03. The molecule has 2 aromatic heterocycles. The van der Waals surface area contributed by atoms with Crippen LogP contribution in [0.1, 0.15) is 48.7 Å². The average molecular weight is 444 g/mol. The van der Waals surface area contributed by atoms with Gasteiger partial charge < -0.3 is 10.2 Å². The van der Waals surface area contributed by atoms with Crippen molar-refractivity contribution in [3.8, 4) is 11.1 Å². The van der Waals surface area contributed by atoms with Crippen molar-refractivity contribution < 1.29 is 4.79 Å². The highest BCUT2D eigenvalue weighted by Gasteiger charge is 2.26. The van der Waals surface area contributed by atoms with Crippen LogP contribution in [0.25, 0.3) is 11.1 Å². The minimum absolute atomic E-state index is 0.0983. The first kappa shape index (κ1) is 22.9. The monoisotopic (exact) mass is 443 g/mol. The van der Waals surface area contributed by atoms with E-state index in [0.29, 0.717) is 18.3 Å². The second-order valence-corrected chi connectivity index (χ2v) is 9.21. The number of aryl methyl sites for hydroxylation is 1. The number of benzene rings is 1. The van der Waals surface area contributed by atoms with E-state index in [1.807, 2.05) is 63.9 Å². The molecule has 0 aliphatic heterocycles. The molecule has 1 aromatic carbocycles. The number of nitrogens with zero attached hydrogens (tertiary/aromatic N) is 4. The molecule has 2 heterocycles. The van der Waals surface area contributed by atoms with Gasteiger partial charge in [0.25, 0.3) is 0 Å². The molecule has 33 heavy (non-hydrogen) atoms. The van der Waals surface area contributed by atoms with Crippen molar-refractivity contribution >= 4 is 11.6 Å². The quantitative estimate of drug-likeness (QED) is 0.580. The molecule has 1 N–H and O–H groups in total. The Bertz CT molecular complexity index is 1060. The van der Waals surface area contributed by atoms with Gasteiger partial charge >= 0.3 is 0 Å². The third kappa shape index (κ3) is 5.95. The number of hydrogen-bond acceptors (Lipinski definition) is 5. The zero-order valence-corrected chi connectivity index (χ0v) is 19.8. The number of carbonyl (C=O) groups excluding carboxylic acids is 1. The van der Waals surface area contributed by atoms with Gasteiger partial charge in [0.05, 0.1) is 12.1 Å². The van der Waals surface area contributed by atoms with Gasteiger partial charge in [-0.25, -0.2) is 9.97 Å². The van der Waals surface area contributed by atoms with Crippen LogP contribution in [0.15, 0.2) is 55.0 Å². The van der Waals surface area contributed by atoms with Crippen molar-refractivity contribution in [2.24, 2.45) is 5.92 Å². The second kappa shape index (κ2) is 10.6. The Hall–Kier alpha value is -3.28. The molecule has 0 atom stereocenters. The van der Waals surface area contributed by atoms with Gasteiger partial charge in [-0.2, -0.15) is 0 Å². The third-order valence-corrected chi connectivity index (χ3v) is 6.57. The fraction of sp³-hybridized carbons (Fsp3) is 0.407.